The quantitative estimate of drug-likeness (QED) is 0.801. The van der Waals surface area contributed by atoms with E-state index in [-0.39, 0.29) is 11.9 Å². The van der Waals surface area contributed by atoms with Gasteiger partial charge in [-0.15, -0.1) is 0 Å². The average molecular weight is 291 g/mol. The molecular formula is C15H17NO5. The summed E-state index contributed by atoms with van der Waals surface area (Å²) in [6.07, 6.45) is -0.839. The normalized spacial score (nSPS) is 10.5. The maximum Gasteiger partial charge on any atom is 0.516 e. The number of carbonyl (C=O) groups excluding carboxylic acids is 1. The van der Waals surface area contributed by atoms with Crippen molar-refractivity contribution in [2.45, 2.75) is 19.8 Å². The molecule has 2 aromatic rings. The lowest BCUT2D eigenvalue weighted by Gasteiger charge is -2.02. The number of carbonyl (C=O) groups is 1. The predicted molar refractivity (Wildman–Crippen MR) is 75.6 cm³/mol. The van der Waals surface area contributed by atoms with Crippen LogP contribution in [0.5, 0.6) is 11.7 Å². The van der Waals surface area contributed by atoms with Crippen LogP contribution >= 0.6 is 0 Å². The second-order valence-electron chi connectivity index (χ2n) is 4.63. The standard InChI is InChI=1S/C15H17NO5/c1-9(2)12-14(21-15(17)19-4)20-13(16-12)10-5-7-11(18-3)8-6-10/h5-9H,1-4H3. The van der Waals surface area contributed by atoms with E-state index < -0.39 is 6.16 Å². The number of hydrogen-bond donors (Lipinski definition) is 0. The summed E-state index contributed by atoms with van der Waals surface area (Å²) < 4.78 is 20.1. The van der Waals surface area contributed by atoms with Crippen molar-refractivity contribution in [1.29, 1.82) is 0 Å². The van der Waals surface area contributed by atoms with Crippen LogP contribution in [0, 0.1) is 0 Å². The molecule has 0 unspecified atom stereocenters. The Labute approximate surface area is 122 Å². The zero-order valence-electron chi connectivity index (χ0n) is 12.4. The molecule has 0 amide bonds. The number of oxazole rings is 1. The van der Waals surface area contributed by atoms with Gasteiger partial charge in [0.25, 0.3) is 0 Å². The molecule has 0 aliphatic rings. The fourth-order valence-electron chi connectivity index (χ4n) is 1.73. The molecule has 21 heavy (non-hydrogen) atoms. The van der Waals surface area contributed by atoms with E-state index in [0.717, 1.165) is 11.3 Å². The van der Waals surface area contributed by atoms with Crippen LogP contribution in [0.3, 0.4) is 0 Å². The van der Waals surface area contributed by atoms with Gasteiger partial charge >= 0.3 is 12.1 Å². The minimum atomic E-state index is -0.839. The van der Waals surface area contributed by atoms with E-state index in [0.29, 0.717) is 11.6 Å². The highest BCUT2D eigenvalue weighted by Gasteiger charge is 2.21. The van der Waals surface area contributed by atoms with Gasteiger partial charge in [0.1, 0.15) is 11.4 Å². The topological polar surface area (TPSA) is 70.8 Å². The predicted octanol–water partition coefficient (Wildman–Crippen LogP) is 3.62. The Morgan fingerprint density at radius 2 is 1.86 bits per heavy atom. The number of ether oxygens (including phenoxy) is 3. The molecule has 0 aliphatic carbocycles. The lowest BCUT2D eigenvalue weighted by Crippen LogP contribution is -2.08. The highest BCUT2D eigenvalue weighted by atomic mass is 16.7. The third-order valence-corrected chi connectivity index (χ3v) is 2.85. The fraction of sp³-hybridized carbons (Fsp3) is 0.333. The molecule has 0 spiro atoms. The van der Waals surface area contributed by atoms with Crippen LogP contribution in [0.2, 0.25) is 0 Å². The summed E-state index contributed by atoms with van der Waals surface area (Å²) in [4.78, 5) is 15.6. The van der Waals surface area contributed by atoms with Crippen molar-refractivity contribution < 1.29 is 23.4 Å². The molecule has 0 bridgehead atoms. The molecule has 0 fully saturated rings. The first kappa shape index (κ1) is 14.9. The molecule has 6 heteroatoms. The number of benzene rings is 1. The van der Waals surface area contributed by atoms with Crippen LogP contribution in [0.4, 0.5) is 4.79 Å². The highest BCUT2D eigenvalue weighted by Crippen LogP contribution is 2.32. The maximum atomic E-state index is 11.2. The van der Waals surface area contributed by atoms with Gasteiger partial charge in [-0.05, 0) is 24.3 Å². The Morgan fingerprint density at radius 3 is 2.38 bits per heavy atom. The lowest BCUT2D eigenvalue weighted by atomic mass is 10.1. The molecular weight excluding hydrogens is 274 g/mol. The summed E-state index contributed by atoms with van der Waals surface area (Å²) in [6.45, 7) is 3.86. The van der Waals surface area contributed by atoms with E-state index in [1.54, 1.807) is 19.2 Å². The van der Waals surface area contributed by atoms with Crippen LogP contribution in [-0.4, -0.2) is 25.4 Å². The molecule has 112 valence electrons. The van der Waals surface area contributed by atoms with Crippen LogP contribution in [0.1, 0.15) is 25.5 Å². The van der Waals surface area contributed by atoms with Crippen LogP contribution in [-0.2, 0) is 4.74 Å². The average Bonchev–Trinajstić information content (AvgIpc) is 2.91. The number of methoxy groups -OCH3 is 2. The number of rotatable bonds is 4. The fourth-order valence-corrected chi connectivity index (χ4v) is 1.73. The first-order valence-corrected chi connectivity index (χ1v) is 6.46. The number of nitrogens with zero attached hydrogens (tertiary/aromatic N) is 1. The van der Waals surface area contributed by atoms with Crippen molar-refractivity contribution in [3.8, 4) is 23.1 Å². The zero-order chi connectivity index (χ0) is 15.4. The van der Waals surface area contributed by atoms with E-state index in [4.69, 9.17) is 13.9 Å². The van der Waals surface area contributed by atoms with Crippen molar-refractivity contribution in [2.24, 2.45) is 0 Å². The number of aromatic nitrogens is 1. The summed E-state index contributed by atoms with van der Waals surface area (Å²) >= 11 is 0. The van der Waals surface area contributed by atoms with Crippen molar-refractivity contribution in [3.63, 3.8) is 0 Å². The first-order chi connectivity index (χ1) is 10.0. The van der Waals surface area contributed by atoms with Crippen molar-refractivity contribution in [3.05, 3.63) is 30.0 Å². The molecule has 0 saturated heterocycles. The second-order valence-corrected chi connectivity index (χ2v) is 4.63. The van der Waals surface area contributed by atoms with E-state index in [2.05, 4.69) is 9.72 Å². The Balaban J connectivity index is 2.35. The van der Waals surface area contributed by atoms with Gasteiger partial charge in [0.2, 0.25) is 5.89 Å². The molecule has 6 nitrogen and oxygen atoms in total. The van der Waals surface area contributed by atoms with E-state index in [9.17, 15) is 4.79 Å². The summed E-state index contributed by atoms with van der Waals surface area (Å²) in [5.74, 6) is 1.21. The minimum absolute atomic E-state index is 0.0420. The van der Waals surface area contributed by atoms with Crippen LogP contribution < -0.4 is 9.47 Å². The highest BCUT2D eigenvalue weighted by molar-refractivity contribution is 5.64. The molecule has 0 radical (unpaired) electrons. The first-order valence-electron chi connectivity index (χ1n) is 6.46. The van der Waals surface area contributed by atoms with Crippen LogP contribution in [0.25, 0.3) is 11.5 Å². The summed E-state index contributed by atoms with van der Waals surface area (Å²) in [6, 6.07) is 7.23. The Hall–Kier alpha value is -2.50. The monoisotopic (exact) mass is 291 g/mol. The minimum Gasteiger partial charge on any atom is -0.497 e. The summed E-state index contributed by atoms with van der Waals surface area (Å²) in [5, 5.41) is 0. The van der Waals surface area contributed by atoms with E-state index >= 15 is 0 Å². The van der Waals surface area contributed by atoms with Gasteiger partial charge in [-0.1, -0.05) is 13.8 Å². The van der Waals surface area contributed by atoms with Gasteiger partial charge in [-0.3, -0.25) is 0 Å². The van der Waals surface area contributed by atoms with E-state index in [1.165, 1.54) is 7.11 Å². The molecule has 0 N–H and O–H groups in total. The van der Waals surface area contributed by atoms with Crippen molar-refractivity contribution in [2.75, 3.05) is 14.2 Å². The molecule has 0 saturated carbocycles. The van der Waals surface area contributed by atoms with Gasteiger partial charge in [0.05, 0.1) is 14.2 Å². The molecule has 1 aromatic heterocycles. The molecule has 0 aliphatic heterocycles. The lowest BCUT2D eigenvalue weighted by molar-refractivity contribution is 0.111. The van der Waals surface area contributed by atoms with E-state index in [1.807, 2.05) is 26.0 Å². The van der Waals surface area contributed by atoms with Gasteiger partial charge in [-0.2, -0.15) is 0 Å². The summed E-state index contributed by atoms with van der Waals surface area (Å²) in [7, 11) is 2.83. The Morgan fingerprint density at radius 1 is 1.19 bits per heavy atom. The summed E-state index contributed by atoms with van der Waals surface area (Å²) in [5.41, 5.74) is 1.32. The third-order valence-electron chi connectivity index (χ3n) is 2.85. The Kier molecular flexibility index (Phi) is 4.47. The van der Waals surface area contributed by atoms with Gasteiger partial charge in [-0.25, -0.2) is 9.78 Å². The Bertz CT molecular complexity index is 615. The third kappa shape index (κ3) is 3.34. The van der Waals surface area contributed by atoms with Gasteiger partial charge < -0.3 is 18.6 Å². The maximum absolute atomic E-state index is 11.2. The zero-order valence-corrected chi connectivity index (χ0v) is 12.4. The van der Waals surface area contributed by atoms with Crippen molar-refractivity contribution in [1.82, 2.24) is 4.98 Å². The molecule has 1 aromatic carbocycles. The largest absolute Gasteiger partial charge is 0.516 e. The smallest absolute Gasteiger partial charge is 0.497 e. The van der Waals surface area contributed by atoms with Gasteiger partial charge in [0, 0.05) is 11.5 Å². The molecule has 1 heterocycles. The molecule has 2 rings (SSSR count). The van der Waals surface area contributed by atoms with Gasteiger partial charge in [0.15, 0.2) is 0 Å². The van der Waals surface area contributed by atoms with Crippen molar-refractivity contribution >= 4 is 6.16 Å². The molecule has 0 atom stereocenters. The van der Waals surface area contributed by atoms with Crippen LogP contribution in [0.15, 0.2) is 28.7 Å². The number of hydrogen-bond acceptors (Lipinski definition) is 6. The second kappa shape index (κ2) is 6.30. The SMILES string of the molecule is COC(=O)Oc1oc(-c2ccc(OC)cc2)nc1C(C)C.